The highest BCUT2D eigenvalue weighted by Crippen LogP contribution is 2.36. The van der Waals surface area contributed by atoms with Crippen LogP contribution in [0, 0.1) is 6.07 Å². The molecule has 0 aliphatic carbocycles. The molecular formula is C25H18N3O. The van der Waals surface area contributed by atoms with E-state index in [4.69, 9.17) is 0 Å². The Morgan fingerprint density at radius 1 is 0.897 bits per heavy atom. The zero-order valence-corrected chi connectivity index (χ0v) is 15.6. The molecule has 1 aliphatic heterocycles. The maximum Gasteiger partial charge on any atom is 0.256 e. The highest BCUT2D eigenvalue weighted by Gasteiger charge is 2.24. The average Bonchev–Trinajstić information content (AvgIpc) is 3.37. The smallest absolute Gasteiger partial charge is 0.256 e. The number of rotatable bonds is 4. The Hall–Kier alpha value is -4.05. The number of aromatic amines is 1. The van der Waals surface area contributed by atoms with Crippen LogP contribution in [0.25, 0.3) is 22.8 Å². The molecule has 1 aliphatic rings. The lowest BCUT2D eigenvalue weighted by Gasteiger charge is -2.10. The molecule has 139 valence electrons. The molecule has 5 rings (SSSR count). The molecule has 0 bridgehead atoms. The first-order valence-electron chi connectivity index (χ1n) is 9.41. The van der Waals surface area contributed by atoms with Gasteiger partial charge in [0.05, 0.1) is 5.57 Å². The molecule has 29 heavy (non-hydrogen) atoms. The van der Waals surface area contributed by atoms with Gasteiger partial charge in [-0.25, -0.2) is 0 Å². The first-order valence-corrected chi connectivity index (χ1v) is 9.41. The summed E-state index contributed by atoms with van der Waals surface area (Å²) in [4.78, 5) is 15.5. The van der Waals surface area contributed by atoms with Gasteiger partial charge in [0.2, 0.25) is 0 Å². The number of hydrogen-bond acceptors (Lipinski definition) is 2. The first-order chi connectivity index (χ1) is 14.3. The molecule has 0 saturated heterocycles. The molecule has 4 aromatic rings. The molecule has 0 saturated carbocycles. The Morgan fingerprint density at radius 3 is 2.62 bits per heavy atom. The molecule has 4 heteroatoms. The molecule has 0 fully saturated rings. The normalized spacial score (nSPS) is 13.9. The van der Waals surface area contributed by atoms with Crippen molar-refractivity contribution in [1.29, 1.82) is 0 Å². The minimum atomic E-state index is -0.0888. The molecule has 1 radical (unpaired) electrons. The van der Waals surface area contributed by atoms with Crippen molar-refractivity contribution in [3.8, 4) is 11.1 Å². The molecule has 0 unspecified atom stereocenters. The van der Waals surface area contributed by atoms with Crippen LogP contribution in [-0.2, 0) is 4.79 Å². The van der Waals surface area contributed by atoms with Crippen molar-refractivity contribution in [2.75, 3.05) is 10.6 Å². The zero-order chi connectivity index (χ0) is 19.6. The number of benzene rings is 3. The fourth-order valence-corrected chi connectivity index (χ4v) is 3.51. The van der Waals surface area contributed by atoms with Gasteiger partial charge in [-0.3, -0.25) is 4.79 Å². The number of nitrogens with one attached hydrogen (secondary N) is 3. The lowest BCUT2D eigenvalue weighted by molar-refractivity contribution is -0.110. The quantitative estimate of drug-likeness (QED) is 0.399. The van der Waals surface area contributed by atoms with Gasteiger partial charge in [-0.15, -0.1) is 0 Å². The van der Waals surface area contributed by atoms with E-state index in [9.17, 15) is 4.79 Å². The van der Waals surface area contributed by atoms with Crippen LogP contribution in [0.15, 0.2) is 85.1 Å². The molecule has 0 atom stereocenters. The van der Waals surface area contributed by atoms with E-state index in [0.717, 1.165) is 39.4 Å². The van der Waals surface area contributed by atoms with Crippen molar-refractivity contribution < 1.29 is 4.79 Å². The molecule has 1 amide bonds. The van der Waals surface area contributed by atoms with Crippen LogP contribution in [0.2, 0.25) is 0 Å². The summed E-state index contributed by atoms with van der Waals surface area (Å²) in [6.07, 6.45) is 3.72. The van der Waals surface area contributed by atoms with Gasteiger partial charge in [-0.05, 0) is 71.8 Å². The predicted octanol–water partition coefficient (Wildman–Crippen LogP) is 5.72. The van der Waals surface area contributed by atoms with Crippen LogP contribution in [0.4, 0.5) is 17.1 Å². The van der Waals surface area contributed by atoms with E-state index >= 15 is 0 Å². The Kier molecular flexibility index (Phi) is 4.22. The molecule has 1 aromatic heterocycles. The minimum Gasteiger partial charge on any atom is -0.362 e. The molecule has 3 aromatic carbocycles. The summed E-state index contributed by atoms with van der Waals surface area (Å²) in [5, 5.41) is 6.38. The Morgan fingerprint density at radius 2 is 1.79 bits per heavy atom. The second kappa shape index (κ2) is 7.17. The molecule has 4 nitrogen and oxygen atoms in total. The molecular weight excluding hydrogens is 358 g/mol. The van der Waals surface area contributed by atoms with Crippen LogP contribution in [0.5, 0.6) is 0 Å². The van der Waals surface area contributed by atoms with E-state index < -0.39 is 0 Å². The minimum absolute atomic E-state index is 0.0888. The first kappa shape index (κ1) is 17.1. The van der Waals surface area contributed by atoms with Crippen LogP contribution >= 0.6 is 0 Å². The van der Waals surface area contributed by atoms with Crippen molar-refractivity contribution in [3.05, 3.63) is 102 Å². The van der Waals surface area contributed by atoms with Gasteiger partial charge >= 0.3 is 0 Å². The standard InChI is InChI=1S/C25H18N3O/c29-25-23(15-19-10-5-13-26-19)22-16-21(11-12-24(22)28-25)27-20-9-4-8-18(14-20)17-6-2-1-3-7-17/h1-2,4-16,26-27H,(H,28,29). The van der Waals surface area contributed by atoms with E-state index in [1.807, 2.05) is 72.9 Å². The molecule has 3 N–H and O–H groups in total. The lowest BCUT2D eigenvalue weighted by Crippen LogP contribution is -2.03. The fraction of sp³-hybridized carbons (Fsp3) is 0. The Labute approximate surface area is 168 Å². The number of carbonyl (C=O) groups excluding carboxylic acids is 1. The van der Waals surface area contributed by atoms with Gasteiger partial charge in [0.25, 0.3) is 5.91 Å². The summed E-state index contributed by atoms with van der Waals surface area (Å²) in [6, 6.07) is 29.0. The monoisotopic (exact) mass is 376 g/mol. The second-order valence-corrected chi connectivity index (χ2v) is 6.90. The number of H-pyrrole nitrogens is 1. The van der Waals surface area contributed by atoms with E-state index in [-0.39, 0.29) is 5.91 Å². The average molecular weight is 376 g/mol. The van der Waals surface area contributed by atoms with Gasteiger partial charge in [0, 0.05) is 34.5 Å². The number of hydrogen-bond donors (Lipinski definition) is 3. The van der Waals surface area contributed by atoms with Gasteiger partial charge in [-0.1, -0.05) is 30.3 Å². The maximum absolute atomic E-state index is 12.4. The number of aromatic nitrogens is 1. The van der Waals surface area contributed by atoms with Gasteiger partial charge in [0.15, 0.2) is 0 Å². The number of fused-ring (bicyclic) bond motifs is 1. The molecule has 2 heterocycles. The van der Waals surface area contributed by atoms with E-state index in [1.165, 1.54) is 0 Å². The van der Waals surface area contributed by atoms with Crippen molar-refractivity contribution in [2.24, 2.45) is 0 Å². The number of amides is 1. The van der Waals surface area contributed by atoms with Crippen molar-refractivity contribution in [2.45, 2.75) is 0 Å². The summed E-state index contributed by atoms with van der Waals surface area (Å²) in [5.74, 6) is -0.0888. The maximum atomic E-state index is 12.4. The fourth-order valence-electron chi connectivity index (χ4n) is 3.51. The van der Waals surface area contributed by atoms with E-state index in [1.54, 1.807) is 0 Å². The highest BCUT2D eigenvalue weighted by molar-refractivity contribution is 6.35. The lowest BCUT2D eigenvalue weighted by atomic mass is 10.0. The van der Waals surface area contributed by atoms with E-state index in [2.05, 4.69) is 39.9 Å². The number of carbonyl (C=O) groups is 1. The van der Waals surface area contributed by atoms with Gasteiger partial charge in [0.1, 0.15) is 0 Å². The third-order valence-corrected chi connectivity index (χ3v) is 4.92. The van der Waals surface area contributed by atoms with Gasteiger partial charge < -0.3 is 15.6 Å². The third-order valence-electron chi connectivity index (χ3n) is 4.92. The highest BCUT2D eigenvalue weighted by atomic mass is 16.2. The summed E-state index contributed by atoms with van der Waals surface area (Å²) in [6.45, 7) is 0. The summed E-state index contributed by atoms with van der Waals surface area (Å²) >= 11 is 0. The number of anilines is 3. The van der Waals surface area contributed by atoms with Crippen LogP contribution in [0.3, 0.4) is 0 Å². The van der Waals surface area contributed by atoms with Crippen LogP contribution in [0.1, 0.15) is 11.3 Å². The summed E-state index contributed by atoms with van der Waals surface area (Å²) in [5.41, 5.74) is 7.42. The predicted molar refractivity (Wildman–Crippen MR) is 118 cm³/mol. The molecule has 0 spiro atoms. The van der Waals surface area contributed by atoms with Crippen molar-refractivity contribution in [3.63, 3.8) is 0 Å². The Bertz CT molecular complexity index is 1210. The topological polar surface area (TPSA) is 56.9 Å². The van der Waals surface area contributed by atoms with Crippen molar-refractivity contribution >= 4 is 34.6 Å². The van der Waals surface area contributed by atoms with Crippen LogP contribution < -0.4 is 10.6 Å². The summed E-state index contributed by atoms with van der Waals surface area (Å²) < 4.78 is 0. The second-order valence-electron chi connectivity index (χ2n) is 6.90. The largest absolute Gasteiger partial charge is 0.362 e. The van der Waals surface area contributed by atoms with Crippen LogP contribution in [-0.4, -0.2) is 10.9 Å². The SMILES string of the molecule is O=C1Nc2ccc(Nc3cccc(-c4c[c]ccc4)c3)cc2C1=Cc1ccc[nH]1. The van der Waals surface area contributed by atoms with Gasteiger partial charge in [-0.2, -0.15) is 0 Å². The zero-order valence-electron chi connectivity index (χ0n) is 15.6. The third kappa shape index (κ3) is 3.44. The Balaban J connectivity index is 1.46. The summed E-state index contributed by atoms with van der Waals surface area (Å²) in [7, 11) is 0. The van der Waals surface area contributed by atoms with Crippen molar-refractivity contribution in [1.82, 2.24) is 4.98 Å². The van der Waals surface area contributed by atoms with E-state index in [0.29, 0.717) is 5.57 Å².